The van der Waals surface area contributed by atoms with Gasteiger partial charge in [0, 0.05) is 26.0 Å². The summed E-state index contributed by atoms with van der Waals surface area (Å²) in [4.78, 5) is 15.9. The summed E-state index contributed by atoms with van der Waals surface area (Å²) < 4.78 is 3.38. The second-order valence-corrected chi connectivity index (χ2v) is 3.79. The Bertz CT molecular complexity index is 530. The van der Waals surface area contributed by atoms with Crippen LogP contribution in [-0.2, 0) is 20.1 Å². The first kappa shape index (κ1) is 12.2. The topological polar surface area (TPSA) is 104 Å². The third-order valence-corrected chi connectivity index (χ3v) is 2.46. The van der Waals surface area contributed by atoms with E-state index >= 15 is 0 Å². The Morgan fingerprint density at radius 1 is 1.56 bits per heavy atom. The number of hydrogen-bond acceptors (Lipinski definition) is 5. The van der Waals surface area contributed by atoms with E-state index in [1.165, 1.54) is 4.68 Å². The molecule has 2 aromatic heterocycles. The maximum atomic E-state index is 11.8. The molecule has 18 heavy (non-hydrogen) atoms. The van der Waals surface area contributed by atoms with Crippen molar-refractivity contribution in [2.45, 2.75) is 13.1 Å². The van der Waals surface area contributed by atoms with Crippen LogP contribution in [0, 0.1) is 0 Å². The van der Waals surface area contributed by atoms with Gasteiger partial charge in [0.1, 0.15) is 5.82 Å². The van der Waals surface area contributed by atoms with Crippen LogP contribution in [0.15, 0.2) is 18.6 Å². The lowest BCUT2D eigenvalue weighted by molar-refractivity contribution is 0.0944. The molecule has 0 spiro atoms. The Labute approximate surface area is 104 Å². The van der Waals surface area contributed by atoms with Crippen LogP contribution in [0.4, 0.5) is 0 Å². The largest absolute Gasteiger partial charge is 0.343 e. The van der Waals surface area contributed by atoms with Crippen LogP contribution in [-0.4, -0.2) is 37.0 Å². The molecular weight excluding hydrogens is 234 g/mol. The minimum Gasteiger partial charge on any atom is -0.343 e. The van der Waals surface area contributed by atoms with E-state index < -0.39 is 0 Å². The summed E-state index contributed by atoms with van der Waals surface area (Å²) in [6, 6.07) is 0. The molecule has 0 saturated heterocycles. The van der Waals surface area contributed by atoms with Gasteiger partial charge in [0.2, 0.25) is 0 Å². The first-order chi connectivity index (χ1) is 8.70. The predicted octanol–water partition coefficient (Wildman–Crippen LogP) is -1.10. The molecule has 0 aliphatic heterocycles. The van der Waals surface area contributed by atoms with Gasteiger partial charge in [-0.1, -0.05) is 5.21 Å². The van der Waals surface area contributed by atoms with Gasteiger partial charge in [-0.05, 0) is 0 Å². The third kappa shape index (κ3) is 2.72. The predicted molar refractivity (Wildman–Crippen MR) is 63.5 cm³/mol. The van der Waals surface area contributed by atoms with E-state index in [9.17, 15) is 4.79 Å². The molecule has 0 aromatic carbocycles. The molecule has 0 radical (unpaired) electrons. The Morgan fingerprint density at radius 2 is 2.39 bits per heavy atom. The molecule has 2 aromatic rings. The molecule has 0 saturated carbocycles. The smallest absolute Gasteiger partial charge is 0.273 e. The number of carbonyl (C=O) groups is 1. The first-order valence-corrected chi connectivity index (χ1v) is 5.55. The van der Waals surface area contributed by atoms with Crippen molar-refractivity contribution in [2.75, 3.05) is 6.54 Å². The zero-order valence-corrected chi connectivity index (χ0v) is 10.1. The van der Waals surface area contributed by atoms with Crippen LogP contribution < -0.4 is 11.1 Å². The lowest BCUT2D eigenvalue weighted by Crippen LogP contribution is -2.24. The molecule has 2 heterocycles. The van der Waals surface area contributed by atoms with Crippen LogP contribution in [0.3, 0.4) is 0 Å². The maximum absolute atomic E-state index is 11.8. The number of imidazole rings is 1. The lowest BCUT2D eigenvalue weighted by atomic mass is 10.4. The molecular formula is C10H15N7O. The van der Waals surface area contributed by atoms with Crippen LogP contribution in [0.1, 0.15) is 16.3 Å². The van der Waals surface area contributed by atoms with Gasteiger partial charge in [-0.2, -0.15) is 0 Å². The summed E-state index contributed by atoms with van der Waals surface area (Å²) >= 11 is 0. The van der Waals surface area contributed by atoms with E-state index in [0.29, 0.717) is 19.6 Å². The number of nitrogens with zero attached hydrogens (tertiary/aromatic N) is 5. The molecule has 0 aliphatic carbocycles. The van der Waals surface area contributed by atoms with E-state index in [2.05, 4.69) is 20.6 Å². The standard InChI is InChI=1S/C10H15N7O/c1-16-5-3-12-9(16)6-13-10(18)8-7-17(4-2-11)15-14-8/h3,5,7H,2,4,6,11H2,1H3,(H,13,18). The van der Waals surface area contributed by atoms with E-state index in [-0.39, 0.29) is 11.6 Å². The van der Waals surface area contributed by atoms with Crippen LogP contribution in [0.2, 0.25) is 0 Å². The average Bonchev–Trinajstić information content (AvgIpc) is 2.96. The highest BCUT2D eigenvalue weighted by molar-refractivity contribution is 5.91. The monoisotopic (exact) mass is 249 g/mol. The number of hydrogen-bond donors (Lipinski definition) is 2. The summed E-state index contributed by atoms with van der Waals surface area (Å²) in [5, 5.41) is 10.3. The van der Waals surface area contributed by atoms with Gasteiger partial charge >= 0.3 is 0 Å². The van der Waals surface area contributed by atoms with Gasteiger partial charge in [0.05, 0.1) is 19.3 Å². The molecule has 0 atom stereocenters. The molecule has 8 heteroatoms. The Kier molecular flexibility index (Phi) is 3.68. The number of aryl methyl sites for hydroxylation is 1. The fourth-order valence-corrected chi connectivity index (χ4v) is 1.46. The number of nitrogens with two attached hydrogens (primary N) is 1. The maximum Gasteiger partial charge on any atom is 0.273 e. The minimum atomic E-state index is -0.277. The summed E-state index contributed by atoms with van der Waals surface area (Å²) in [7, 11) is 1.87. The Hall–Kier alpha value is -2.22. The van der Waals surface area contributed by atoms with E-state index in [1.54, 1.807) is 12.4 Å². The van der Waals surface area contributed by atoms with Crippen molar-refractivity contribution >= 4 is 5.91 Å². The van der Waals surface area contributed by atoms with Gasteiger partial charge < -0.3 is 15.6 Å². The fraction of sp³-hybridized carbons (Fsp3) is 0.400. The molecule has 96 valence electrons. The highest BCUT2D eigenvalue weighted by atomic mass is 16.2. The zero-order chi connectivity index (χ0) is 13.0. The van der Waals surface area contributed by atoms with Crippen molar-refractivity contribution in [1.29, 1.82) is 0 Å². The second-order valence-electron chi connectivity index (χ2n) is 3.79. The Balaban J connectivity index is 1.93. The van der Waals surface area contributed by atoms with Crippen molar-refractivity contribution in [3.8, 4) is 0 Å². The molecule has 0 aliphatic rings. The van der Waals surface area contributed by atoms with Gasteiger partial charge in [0.15, 0.2) is 5.69 Å². The Morgan fingerprint density at radius 3 is 3.06 bits per heavy atom. The van der Waals surface area contributed by atoms with E-state index in [0.717, 1.165) is 5.82 Å². The summed E-state index contributed by atoms with van der Waals surface area (Å²) in [6.45, 7) is 1.35. The molecule has 1 amide bonds. The average molecular weight is 249 g/mol. The van der Waals surface area contributed by atoms with Crippen molar-refractivity contribution in [3.63, 3.8) is 0 Å². The minimum absolute atomic E-state index is 0.276. The van der Waals surface area contributed by atoms with Crippen LogP contribution >= 0.6 is 0 Å². The van der Waals surface area contributed by atoms with Gasteiger partial charge in [-0.15, -0.1) is 5.10 Å². The molecule has 3 N–H and O–H groups in total. The molecule has 0 bridgehead atoms. The van der Waals surface area contributed by atoms with Crippen molar-refractivity contribution < 1.29 is 4.79 Å². The highest BCUT2D eigenvalue weighted by Gasteiger charge is 2.11. The lowest BCUT2D eigenvalue weighted by Gasteiger charge is -2.02. The number of aromatic nitrogens is 5. The van der Waals surface area contributed by atoms with Crippen LogP contribution in [0.25, 0.3) is 0 Å². The second kappa shape index (κ2) is 5.41. The number of amides is 1. The number of carbonyl (C=O) groups excluding carboxylic acids is 1. The zero-order valence-electron chi connectivity index (χ0n) is 10.1. The highest BCUT2D eigenvalue weighted by Crippen LogP contribution is 1.96. The van der Waals surface area contributed by atoms with Gasteiger partial charge in [0.25, 0.3) is 5.91 Å². The summed E-state index contributed by atoms with van der Waals surface area (Å²) in [5.74, 6) is 0.499. The van der Waals surface area contributed by atoms with Crippen molar-refractivity contribution in [1.82, 2.24) is 29.9 Å². The van der Waals surface area contributed by atoms with Crippen LogP contribution in [0.5, 0.6) is 0 Å². The first-order valence-electron chi connectivity index (χ1n) is 5.55. The summed E-state index contributed by atoms with van der Waals surface area (Å²) in [6.07, 6.45) is 5.07. The normalized spacial score (nSPS) is 10.6. The third-order valence-electron chi connectivity index (χ3n) is 2.46. The fourth-order valence-electron chi connectivity index (χ4n) is 1.46. The van der Waals surface area contributed by atoms with Crippen molar-refractivity contribution in [2.24, 2.45) is 12.8 Å². The van der Waals surface area contributed by atoms with E-state index in [1.807, 2.05) is 17.8 Å². The summed E-state index contributed by atoms with van der Waals surface area (Å²) in [5.41, 5.74) is 5.66. The number of rotatable bonds is 5. The number of nitrogens with one attached hydrogen (secondary N) is 1. The van der Waals surface area contributed by atoms with Gasteiger partial charge in [-0.25, -0.2) is 4.98 Å². The molecule has 8 nitrogen and oxygen atoms in total. The van der Waals surface area contributed by atoms with E-state index in [4.69, 9.17) is 5.73 Å². The SMILES string of the molecule is Cn1ccnc1CNC(=O)c1cn(CCN)nn1. The quantitative estimate of drug-likeness (QED) is 0.700. The van der Waals surface area contributed by atoms with Gasteiger partial charge in [-0.3, -0.25) is 9.48 Å². The van der Waals surface area contributed by atoms with Crippen molar-refractivity contribution in [3.05, 3.63) is 30.1 Å². The molecule has 2 rings (SSSR count). The molecule has 0 unspecified atom stereocenters. The molecule has 0 fully saturated rings.